The van der Waals surface area contributed by atoms with Crippen LogP contribution < -0.4 is 41.5 Å². The van der Waals surface area contributed by atoms with Crippen LogP contribution in [0.2, 0.25) is 0 Å². The Morgan fingerprint density at radius 3 is 0.780 bits per heavy atom. The number of hydrogen-bond donors (Lipinski definition) is 0. The van der Waals surface area contributed by atoms with Gasteiger partial charge in [-0.25, -0.2) is 0 Å². The van der Waals surface area contributed by atoms with Gasteiger partial charge in [-0.05, 0) is 87.7 Å². The van der Waals surface area contributed by atoms with Crippen LogP contribution in [0.5, 0.6) is 0 Å². The van der Waals surface area contributed by atoms with Crippen LogP contribution in [-0.4, -0.2) is 16.1 Å². The highest BCUT2D eigenvalue weighted by molar-refractivity contribution is 7.20. The Morgan fingerprint density at radius 2 is 0.508 bits per heavy atom. The van der Waals surface area contributed by atoms with E-state index in [9.17, 15) is 0 Å². The zero-order chi connectivity index (χ0) is 39.3. The molecule has 1 spiro atoms. The van der Waals surface area contributed by atoms with Crippen molar-refractivity contribution in [2.75, 3.05) is 0 Å². The molecule has 0 aromatic heterocycles. The molecule has 9 aromatic rings. The van der Waals surface area contributed by atoms with Crippen molar-refractivity contribution < 1.29 is 0 Å². The van der Waals surface area contributed by atoms with Crippen molar-refractivity contribution in [2.45, 2.75) is 18.3 Å². The Balaban J connectivity index is 1.20. The van der Waals surface area contributed by atoms with E-state index in [0.717, 1.165) is 12.8 Å². The smallest absolute Gasteiger partial charge is 0.0623 e. The lowest BCUT2D eigenvalue weighted by Gasteiger charge is -2.36. The molecule has 2 aliphatic carbocycles. The lowest BCUT2D eigenvalue weighted by atomic mass is 9.75. The van der Waals surface area contributed by atoms with E-state index in [4.69, 9.17) is 0 Å². The minimum absolute atomic E-state index is 0.200. The first-order valence-corrected chi connectivity index (χ1v) is 24.9. The minimum atomic E-state index is -2.76. The van der Waals surface area contributed by atoms with Crippen LogP contribution in [0.1, 0.15) is 22.3 Å². The molecule has 280 valence electrons. The molecule has 0 radical (unpaired) electrons. The van der Waals surface area contributed by atoms with Crippen LogP contribution in [0.15, 0.2) is 243 Å². The van der Waals surface area contributed by atoms with Gasteiger partial charge in [-0.1, -0.05) is 243 Å². The quantitative estimate of drug-likeness (QED) is 0.111. The second-order valence-electron chi connectivity index (χ2n) is 16.4. The summed E-state index contributed by atoms with van der Waals surface area (Å²) in [6, 6.07) is 92.8. The van der Waals surface area contributed by atoms with E-state index in [1.54, 1.807) is 0 Å². The third-order valence-corrected chi connectivity index (χ3v) is 23.1. The molecule has 59 heavy (non-hydrogen) atoms. The first-order chi connectivity index (χ1) is 29.2. The molecule has 0 bridgehead atoms. The van der Waals surface area contributed by atoms with Crippen molar-refractivity contribution in [3.05, 3.63) is 265 Å². The Bertz CT molecular complexity index is 2510. The molecule has 0 amide bonds. The van der Waals surface area contributed by atoms with E-state index < -0.39 is 16.1 Å². The van der Waals surface area contributed by atoms with E-state index in [-0.39, 0.29) is 5.41 Å². The van der Waals surface area contributed by atoms with Crippen molar-refractivity contribution in [2.24, 2.45) is 0 Å². The molecule has 2 aliphatic rings. The summed E-state index contributed by atoms with van der Waals surface area (Å²) in [5.41, 5.74) is 8.45. The number of rotatable bonds is 8. The standard InChI is InChI=1S/C57H44Si2/c1-7-23-45(24-8-1)58(46-25-9-2-10-26-46,47-27-11-3-12-28-47)51-35-37-53-54-38-36-52(40-56(54)57(55(53)39-51)41-43-21-19-20-22-44(43)42-57)59(48-29-13-4-14-30-48,49-31-15-5-16-32-49)50-33-17-6-18-34-50/h1-40H,41-42H2. The van der Waals surface area contributed by atoms with Crippen LogP contribution in [0.25, 0.3) is 11.1 Å². The fourth-order valence-corrected chi connectivity index (χ4v) is 20.6. The highest BCUT2D eigenvalue weighted by Crippen LogP contribution is 2.55. The van der Waals surface area contributed by atoms with Crippen molar-refractivity contribution in [1.29, 1.82) is 0 Å². The van der Waals surface area contributed by atoms with Gasteiger partial charge in [0.25, 0.3) is 0 Å². The Kier molecular flexibility index (Phi) is 8.65. The van der Waals surface area contributed by atoms with Crippen LogP contribution in [-0.2, 0) is 18.3 Å². The van der Waals surface area contributed by atoms with Crippen molar-refractivity contribution >= 4 is 57.6 Å². The van der Waals surface area contributed by atoms with E-state index in [1.165, 1.54) is 74.9 Å². The van der Waals surface area contributed by atoms with Gasteiger partial charge in [-0.3, -0.25) is 0 Å². The maximum Gasteiger partial charge on any atom is 0.179 e. The predicted octanol–water partition coefficient (Wildman–Crippen LogP) is 7.51. The molecular formula is C57H44Si2. The van der Waals surface area contributed by atoms with Crippen molar-refractivity contribution in [1.82, 2.24) is 0 Å². The Morgan fingerprint density at radius 1 is 0.254 bits per heavy atom. The van der Waals surface area contributed by atoms with E-state index in [1.807, 2.05) is 0 Å². The SMILES string of the molecule is c1ccc([Si](c2ccccc2)(c2ccccc2)c2ccc3c(c2)C2(Cc4ccccc4C2)c2cc([Si](c4ccccc4)(c4ccccc4)c4ccccc4)ccc2-3)cc1. The maximum absolute atomic E-state index is 2.76. The van der Waals surface area contributed by atoms with Crippen LogP contribution in [0, 0.1) is 0 Å². The molecule has 0 heterocycles. The lowest BCUT2D eigenvalue weighted by Crippen LogP contribution is -2.74. The summed E-state index contributed by atoms with van der Waals surface area (Å²) in [6.07, 6.45) is 1.98. The van der Waals surface area contributed by atoms with E-state index in [0.29, 0.717) is 0 Å². The molecule has 0 aliphatic heterocycles. The number of fused-ring (bicyclic) bond motifs is 6. The maximum atomic E-state index is 2.68. The van der Waals surface area contributed by atoms with Gasteiger partial charge < -0.3 is 0 Å². The highest BCUT2D eigenvalue weighted by Gasteiger charge is 2.51. The van der Waals surface area contributed by atoms with Crippen molar-refractivity contribution in [3.63, 3.8) is 0 Å². The topological polar surface area (TPSA) is 0 Å². The summed E-state index contributed by atoms with van der Waals surface area (Å²) in [5, 5.41) is 11.3. The van der Waals surface area contributed by atoms with Crippen LogP contribution in [0.3, 0.4) is 0 Å². The molecule has 2 heteroatoms. The Labute approximate surface area is 350 Å². The van der Waals surface area contributed by atoms with Gasteiger partial charge in [0.1, 0.15) is 0 Å². The summed E-state index contributed by atoms with van der Waals surface area (Å²) < 4.78 is 0. The summed E-state index contributed by atoms with van der Waals surface area (Å²) in [7, 11) is -5.52. The van der Waals surface area contributed by atoms with Gasteiger partial charge in [-0.15, -0.1) is 0 Å². The van der Waals surface area contributed by atoms with E-state index in [2.05, 4.69) is 243 Å². The molecule has 0 N–H and O–H groups in total. The van der Waals surface area contributed by atoms with Crippen molar-refractivity contribution in [3.8, 4) is 11.1 Å². The summed E-state index contributed by atoms with van der Waals surface area (Å²) in [4.78, 5) is 0. The molecule has 0 nitrogen and oxygen atoms in total. The average Bonchev–Trinajstić information content (AvgIpc) is 3.84. The third-order valence-electron chi connectivity index (χ3n) is 13.6. The molecule has 9 aromatic carbocycles. The molecule has 11 rings (SSSR count). The zero-order valence-electron chi connectivity index (χ0n) is 33.0. The summed E-state index contributed by atoms with van der Waals surface area (Å²) in [6.45, 7) is 0. The number of hydrogen-bond acceptors (Lipinski definition) is 0. The van der Waals surface area contributed by atoms with Gasteiger partial charge in [0, 0.05) is 5.41 Å². The summed E-state index contributed by atoms with van der Waals surface area (Å²) in [5.74, 6) is 0. The van der Waals surface area contributed by atoms with Crippen LogP contribution in [0.4, 0.5) is 0 Å². The molecule has 0 saturated carbocycles. The first-order valence-electron chi connectivity index (χ1n) is 20.9. The highest BCUT2D eigenvalue weighted by atomic mass is 28.3. The fraction of sp³-hybridized carbons (Fsp3) is 0.0526. The average molecular weight is 785 g/mol. The zero-order valence-corrected chi connectivity index (χ0v) is 35.0. The van der Waals surface area contributed by atoms with Gasteiger partial charge in [0.2, 0.25) is 0 Å². The summed E-state index contributed by atoms with van der Waals surface area (Å²) >= 11 is 0. The monoisotopic (exact) mass is 784 g/mol. The molecule has 0 unspecified atom stereocenters. The normalized spacial score (nSPS) is 13.8. The van der Waals surface area contributed by atoms with Gasteiger partial charge >= 0.3 is 0 Å². The molecular weight excluding hydrogens is 741 g/mol. The van der Waals surface area contributed by atoms with Gasteiger partial charge in [0.15, 0.2) is 16.1 Å². The molecule has 0 atom stereocenters. The van der Waals surface area contributed by atoms with Crippen LogP contribution >= 0.6 is 0 Å². The second-order valence-corrected chi connectivity index (χ2v) is 24.0. The third kappa shape index (κ3) is 5.40. The number of benzene rings is 9. The van der Waals surface area contributed by atoms with Gasteiger partial charge in [0.05, 0.1) is 0 Å². The second kappa shape index (κ2) is 14.4. The first kappa shape index (κ1) is 35.6. The molecule has 0 fully saturated rings. The van der Waals surface area contributed by atoms with E-state index >= 15 is 0 Å². The largest absolute Gasteiger partial charge is 0.179 e. The Hall–Kier alpha value is -6.59. The fourth-order valence-electron chi connectivity index (χ4n) is 11.1. The predicted molar refractivity (Wildman–Crippen MR) is 254 cm³/mol. The lowest BCUT2D eigenvalue weighted by molar-refractivity contribution is 0.564. The van der Waals surface area contributed by atoms with Gasteiger partial charge in [-0.2, -0.15) is 0 Å². The molecule has 0 saturated heterocycles. The minimum Gasteiger partial charge on any atom is -0.0623 e.